The lowest BCUT2D eigenvalue weighted by Crippen LogP contribution is -2.28. The first-order chi connectivity index (χ1) is 13.0. The minimum Gasteiger partial charge on any atom is -0.390 e. The van der Waals surface area contributed by atoms with Crippen LogP contribution in [0.15, 0.2) is 36.9 Å². The van der Waals surface area contributed by atoms with Crippen LogP contribution >= 0.6 is 11.6 Å². The number of nitrogens with one attached hydrogen (secondary N) is 1. The van der Waals surface area contributed by atoms with E-state index < -0.39 is 17.3 Å². The molecule has 0 bridgehead atoms. The number of aliphatic hydroxyl groups is 1. The van der Waals surface area contributed by atoms with Crippen LogP contribution in [0.3, 0.4) is 0 Å². The van der Waals surface area contributed by atoms with Crippen molar-refractivity contribution in [2.45, 2.75) is 32.8 Å². The van der Waals surface area contributed by atoms with Gasteiger partial charge in [-0.25, -0.2) is 14.4 Å². The molecule has 1 amide bonds. The van der Waals surface area contributed by atoms with Crippen LogP contribution in [-0.2, 0) is 4.79 Å². The zero-order chi connectivity index (χ0) is 20.6. The van der Waals surface area contributed by atoms with E-state index in [2.05, 4.69) is 21.9 Å². The summed E-state index contributed by atoms with van der Waals surface area (Å²) in [6.07, 6.45) is -0.132. The van der Waals surface area contributed by atoms with Gasteiger partial charge in [-0.2, -0.15) is 0 Å². The van der Waals surface area contributed by atoms with Gasteiger partial charge in [-0.3, -0.25) is 14.7 Å². The van der Waals surface area contributed by atoms with E-state index >= 15 is 0 Å². The fraction of sp³-hybridized carbons (Fsp3) is 0.250. The molecule has 3 aromatic rings. The standard InChI is InChI=1S/C20H20ClFN4O2/c1-11(2)13-6-5-12(9-14(13)22)26-18-15(7-8-16(21)24-18)23-19(26)25-17(27)10-20(3,4)28/h5-9,28H,1,10H2,2-4H3,(H,23,25,27). The molecule has 0 aliphatic rings. The number of hydrogen-bond donors (Lipinski definition) is 2. The molecule has 8 heteroatoms. The van der Waals surface area contributed by atoms with Gasteiger partial charge in [-0.15, -0.1) is 0 Å². The average Bonchev–Trinajstić information content (AvgIpc) is 2.89. The number of imidazole rings is 1. The zero-order valence-electron chi connectivity index (χ0n) is 15.8. The molecule has 0 aliphatic heterocycles. The maximum Gasteiger partial charge on any atom is 0.229 e. The summed E-state index contributed by atoms with van der Waals surface area (Å²) in [4.78, 5) is 21.0. The van der Waals surface area contributed by atoms with E-state index in [-0.39, 0.29) is 17.5 Å². The van der Waals surface area contributed by atoms with Crippen LogP contribution in [0.1, 0.15) is 32.8 Å². The summed E-state index contributed by atoms with van der Waals surface area (Å²) in [6, 6.07) is 7.84. The van der Waals surface area contributed by atoms with Gasteiger partial charge in [0.25, 0.3) is 0 Å². The van der Waals surface area contributed by atoms with Crippen molar-refractivity contribution >= 4 is 40.2 Å². The molecule has 28 heavy (non-hydrogen) atoms. The molecular formula is C20H20ClFN4O2. The van der Waals surface area contributed by atoms with Gasteiger partial charge >= 0.3 is 0 Å². The Morgan fingerprint density at radius 3 is 2.64 bits per heavy atom. The fourth-order valence-corrected chi connectivity index (χ4v) is 2.96. The van der Waals surface area contributed by atoms with E-state index in [9.17, 15) is 14.3 Å². The Morgan fingerprint density at radius 2 is 2.04 bits per heavy atom. The Bertz CT molecular complexity index is 1090. The summed E-state index contributed by atoms with van der Waals surface area (Å²) < 4.78 is 16.0. The van der Waals surface area contributed by atoms with E-state index in [1.807, 2.05) is 0 Å². The number of halogens is 2. The molecule has 0 saturated heterocycles. The lowest BCUT2D eigenvalue weighted by atomic mass is 10.1. The number of anilines is 1. The van der Waals surface area contributed by atoms with Crippen molar-refractivity contribution in [3.63, 3.8) is 0 Å². The molecule has 2 heterocycles. The van der Waals surface area contributed by atoms with Gasteiger partial charge in [-0.05, 0) is 56.7 Å². The fourth-order valence-electron chi connectivity index (χ4n) is 2.81. The van der Waals surface area contributed by atoms with Crippen molar-refractivity contribution in [1.82, 2.24) is 14.5 Å². The number of amides is 1. The predicted molar refractivity (Wildman–Crippen MR) is 108 cm³/mol. The van der Waals surface area contributed by atoms with Gasteiger partial charge in [0.15, 0.2) is 5.65 Å². The molecule has 2 aromatic heterocycles. The zero-order valence-corrected chi connectivity index (χ0v) is 16.5. The molecule has 0 radical (unpaired) electrons. The molecule has 0 spiro atoms. The second-order valence-electron chi connectivity index (χ2n) is 7.23. The molecule has 0 unspecified atom stereocenters. The van der Waals surface area contributed by atoms with Crippen molar-refractivity contribution in [1.29, 1.82) is 0 Å². The number of nitrogens with zero attached hydrogens (tertiary/aromatic N) is 3. The van der Waals surface area contributed by atoms with Crippen LogP contribution in [-0.4, -0.2) is 31.1 Å². The second-order valence-corrected chi connectivity index (χ2v) is 7.62. The highest BCUT2D eigenvalue weighted by Gasteiger charge is 2.22. The highest BCUT2D eigenvalue weighted by atomic mass is 35.5. The number of allylic oxidation sites excluding steroid dienone is 1. The summed E-state index contributed by atoms with van der Waals surface area (Å²) in [5.41, 5.74) is 1.07. The van der Waals surface area contributed by atoms with Crippen LogP contribution in [0.2, 0.25) is 5.15 Å². The van der Waals surface area contributed by atoms with Gasteiger partial charge < -0.3 is 5.11 Å². The van der Waals surface area contributed by atoms with Crippen LogP contribution in [0.25, 0.3) is 22.4 Å². The molecule has 1 aromatic carbocycles. The summed E-state index contributed by atoms with van der Waals surface area (Å²) in [7, 11) is 0. The summed E-state index contributed by atoms with van der Waals surface area (Å²) >= 11 is 6.02. The quantitative estimate of drug-likeness (QED) is 0.622. The topological polar surface area (TPSA) is 80.0 Å². The summed E-state index contributed by atoms with van der Waals surface area (Å²) in [5.74, 6) is -0.738. The lowest BCUT2D eigenvalue weighted by molar-refractivity contribution is -0.119. The normalized spacial score (nSPS) is 11.6. The number of hydrogen-bond acceptors (Lipinski definition) is 4. The molecule has 0 atom stereocenters. The first kappa shape index (κ1) is 20.0. The molecule has 0 saturated carbocycles. The Hall–Kier alpha value is -2.77. The highest BCUT2D eigenvalue weighted by Crippen LogP contribution is 2.27. The van der Waals surface area contributed by atoms with Crippen molar-refractivity contribution in [2.24, 2.45) is 0 Å². The summed E-state index contributed by atoms with van der Waals surface area (Å²) in [5, 5.41) is 12.8. The van der Waals surface area contributed by atoms with E-state index in [1.54, 1.807) is 31.2 Å². The molecule has 3 rings (SSSR count). The molecule has 0 fully saturated rings. The van der Waals surface area contributed by atoms with Crippen molar-refractivity contribution in [3.8, 4) is 5.69 Å². The number of benzene rings is 1. The van der Waals surface area contributed by atoms with Crippen LogP contribution in [0.4, 0.5) is 10.3 Å². The summed E-state index contributed by atoms with van der Waals surface area (Å²) in [6.45, 7) is 8.54. The molecule has 2 N–H and O–H groups in total. The molecule has 6 nitrogen and oxygen atoms in total. The van der Waals surface area contributed by atoms with Crippen molar-refractivity contribution in [3.05, 3.63) is 53.4 Å². The molecule has 146 valence electrons. The number of aromatic nitrogens is 3. The second kappa shape index (κ2) is 7.33. The van der Waals surface area contributed by atoms with E-state index in [0.29, 0.717) is 28.0 Å². The lowest BCUT2D eigenvalue weighted by Gasteiger charge is -2.16. The number of fused-ring (bicyclic) bond motifs is 1. The monoisotopic (exact) mass is 402 g/mol. The van der Waals surface area contributed by atoms with Crippen LogP contribution in [0.5, 0.6) is 0 Å². The molecule has 0 aliphatic carbocycles. The Morgan fingerprint density at radius 1 is 1.32 bits per heavy atom. The van der Waals surface area contributed by atoms with E-state index in [4.69, 9.17) is 11.6 Å². The minimum atomic E-state index is -1.18. The SMILES string of the molecule is C=C(C)c1ccc(-n2c(NC(=O)CC(C)(C)O)nc3ccc(Cl)nc32)cc1F. The van der Waals surface area contributed by atoms with Gasteiger partial charge in [0.2, 0.25) is 11.9 Å². The first-order valence-corrected chi connectivity index (χ1v) is 8.96. The van der Waals surface area contributed by atoms with Gasteiger partial charge in [0, 0.05) is 5.56 Å². The number of carbonyl (C=O) groups is 1. The van der Waals surface area contributed by atoms with Crippen molar-refractivity contribution < 1.29 is 14.3 Å². The van der Waals surface area contributed by atoms with Gasteiger partial charge in [-0.1, -0.05) is 18.2 Å². The maximum absolute atomic E-state index is 14.5. The number of rotatable bonds is 5. The Balaban J connectivity index is 2.14. The number of pyridine rings is 1. The van der Waals surface area contributed by atoms with E-state index in [1.165, 1.54) is 24.5 Å². The largest absolute Gasteiger partial charge is 0.390 e. The van der Waals surface area contributed by atoms with Gasteiger partial charge in [0.05, 0.1) is 17.7 Å². The third-order valence-electron chi connectivity index (χ3n) is 3.99. The van der Waals surface area contributed by atoms with Gasteiger partial charge in [0.1, 0.15) is 16.5 Å². The third kappa shape index (κ3) is 4.21. The van der Waals surface area contributed by atoms with E-state index in [0.717, 1.165) is 0 Å². The highest BCUT2D eigenvalue weighted by molar-refractivity contribution is 6.29. The maximum atomic E-state index is 14.5. The Labute approximate surface area is 166 Å². The third-order valence-corrected chi connectivity index (χ3v) is 4.20. The minimum absolute atomic E-state index is 0.132. The average molecular weight is 403 g/mol. The smallest absolute Gasteiger partial charge is 0.229 e. The van der Waals surface area contributed by atoms with Crippen LogP contribution in [0, 0.1) is 5.82 Å². The predicted octanol–water partition coefficient (Wildman–Crippen LogP) is 4.35. The first-order valence-electron chi connectivity index (χ1n) is 8.58. The Kier molecular flexibility index (Phi) is 5.23. The van der Waals surface area contributed by atoms with Crippen LogP contribution < -0.4 is 5.32 Å². The number of carbonyl (C=O) groups excluding carboxylic acids is 1. The van der Waals surface area contributed by atoms with Crippen molar-refractivity contribution in [2.75, 3.05) is 5.32 Å². The molecular weight excluding hydrogens is 383 g/mol.